The van der Waals surface area contributed by atoms with Crippen LogP contribution in [0.15, 0.2) is 140 Å². The molecule has 0 radical (unpaired) electrons. The van der Waals surface area contributed by atoms with Crippen LogP contribution in [-0.4, -0.2) is 24.1 Å². The summed E-state index contributed by atoms with van der Waals surface area (Å²) in [7, 11) is 0. The minimum atomic E-state index is 0.627. The second-order valence-corrected chi connectivity index (χ2v) is 13.1. The molecule has 0 spiro atoms. The number of thiophene rings is 1. The number of nitrogens with zero attached hydrogens (tertiary/aromatic N) is 5. The van der Waals surface area contributed by atoms with Gasteiger partial charge in [0.1, 0.15) is 0 Å². The van der Waals surface area contributed by atoms with Crippen molar-refractivity contribution in [1.29, 1.82) is 0 Å². The topological polar surface area (TPSA) is 48.5 Å². The van der Waals surface area contributed by atoms with Crippen LogP contribution in [-0.2, 0) is 0 Å². The van der Waals surface area contributed by atoms with E-state index in [-0.39, 0.29) is 0 Å². The van der Waals surface area contributed by atoms with Crippen LogP contribution in [0.2, 0.25) is 0 Å². The summed E-state index contributed by atoms with van der Waals surface area (Å²) in [5, 5.41) is 9.48. The number of para-hydroxylation sites is 3. The zero-order valence-electron chi connectivity index (χ0n) is 24.9. The molecule has 11 rings (SSSR count). The minimum absolute atomic E-state index is 0.627. The molecule has 218 valence electrons. The molecule has 0 amide bonds. The fourth-order valence-corrected chi connectivity index (χ4v) is 8.92. The summed E-state index contributed by atoms with van der Waals surface area (Å²) >= 11 is 1.83. The number of hydrogen-bond donors (Lipinski definition) is 0. The largest absolute Gasteiger partial charge is 0.293 e. The highest BCUT2D eigenvalue weighted by Crippen LogP contribution is 2.47. The number of rotatable bonds is 2. The first kappa shape index (κ1) is 25.1. The summed E-state index contributed by atoms with van der Waals surface area (Å²) in [6.07, 6.45) is 1.89. The summed E-state index contributed by atoms with van der Waals surface area (Å²) < 4.78 is 7.03. The van der Waals surface area contributed by atoms with Gasteiger partial charge in [-0.05, 0) is 53.2 Å². The van der Waals surface area contributed by atoms with Gasteiger partial charge in [0.25, 0.3) is 0 Å². The van der Waals surface area contributed by atoms with Crippen LogP contribution in [0, 0.1) is 0 Å². The molecule has 0 fully saturated rings. The third kappa shape index (κ3) is 3.29. The van der Waals surface area contributed by atoms with Crippen LogP contribution in [0.1, 0.15) is 0 Å². The molecular formula is C41H23N5S. The first-order valence-electron chi connectivity index (χ1n) is 15.7. The average Bonchev–Trinajstić information content (AvgIpc) is 3.80. The predicted molar refractivity (Wildman–Crippen MR) is 196 cm³/mol. The molecule has 0 unspecified atom stereocenters. The maximum absolute atomic E-state index is 5.52. The molecule has 11 aromatic rings. The summed E-state index contributed by atoms with van der Waals surface area (Å²) in [5.41, 5.74) is 6.16. The smallest absolute Gasteiger partial charge is 0.237 e. The van der Waals surface area contributed by atoms with Crippen LogP contribution in [0.4, 0.5) is 0 Å². The van der Waals surface area contributed by atoms with Gasteiger partial charge in [0.05, 0.1) is 37.8 Å². The molecule has 47 heavy (non-hydrogen) atoms. The molecule has 6 aromatic carbocycles. The van der Waals surface area contributed by atoms with E-state index in [9.17, 15) is 0 Å². The van der Waals surface area contributed by atoms with E-state index >= 15 is 0 Å². The van der Waals surface area contributed by atoms with Crippen molar-refractivity contribution in [2.75, 3.05) is 0 Å². The molecule has 0 saturated carbocycles. The van der Waals surface area contributed by atoms with Crippen LogP contribution in [0.5, 0.6) is 0 Å². The van der Waals surface area contributed by atoms with Gasteiger partial charge in [-0.25, -0.2) is 4.98 Å². The molecule has 0 atom stereocenters. The fourth-order valence-electron chi connectivity index (χ4n) is 7.66. The number of fused-ring (bicyclic) bond motifs is 14. The molecule has 0 N–H and O–H groups in total. The molecule has 5 heterocycles. The molecule has 5 aromatic heterocycles. The average molecular weight is 618 g/mol. The maximum Gasteiger partial charge on any atom is 0.237 e. The van der Waals surface area contributed by atoms with E-state index in [1.165, 1.54) is 41.7 Å². The number of aromatic nitrogens is 5. The van der Waals surface area contributed by atoms with Crippen molar-refractivity contribution < 1.29 is 0 Å². The normalized spacial score (nSPS) is 12.3. The van der Waals surface area contributed by atoms with E-state index in [2.05, 4.69) is 137 Å². The Labute approximate surface area is 271 Å². The van der Waals surface area contributed by atoms with Crippen LogP contribution >= 0.6 is 11.3 Å². The molecule has 0 bridgehead atoms. The van der Waals surface area contributed by atoms with Crippen LogP contribution in [0.25, 0.3) is 97.4 Å². The molecular weight excluding hydrogens is 595 g/mol. The van der Waals surface area contributed by atoms with E-state index in [1.807, 2.05) is 23.6 Å². The zero-order chi connectivity index (χ0) is 30.6. The summed E-state index contributed by atoms with van der Waals surface area (Å²) in [6.45, 7) is 0. The highest BCUT2D eigenvalue weighted by atomic mass is 32.1. The number of benzene rings is 6. The van der Waals surface area contributed by atoms with Crippen molar-refractivity contribution in [3.63, 3.8) is 0 Å². The standard InChI is InChI=1S/C41H23N5S/c1-2-15-27-26(14-1)35-29-17-6-10-22-34(29)47-39(35)38-36(27)37-33(21-11-23-42-37)46(38)41-43-30-18-7-3-16-28(30)40(44-41)45-31-19-8-4-12-24(31)25-13-5-9-20-32(25)45/h1-23H. The Bertz CT molecular complexity index is 3040. The lowest BCUT2D eigenvalue weighted by Crippen LogP contribution is -2.07. The summed E-state index contributed by atoms with van der Waals surface area (Å²) in [6, 6.07) is 47.1. The van der Waals surface area contributed by atoms with Crippen molar-refractivity contribution in [2.24, 2.45) is 0 Å². The van der Waals surface area contributed by atoms with Crippen molar-refractivity contribution in [3.05, 3.63) is 140 Å². The van der Waals surface area contributed by atoms with Gasteiger partial charge >= 0.3 is 0 Å². The zero-order valence-corrected chi connectivity index (χ0v) is 25.7. The summed E-state index contributed by atoms with van der Waals surface area (Å²) in [5.74, 6) is 1.48. The van der Waals surface area contributed by atoms with Crippen molar-refractivity contribution >= 4 is 96.9 Å². The molecule has 0 aliphatic heterocycles. The lowest BCUT2D eigenvalue weighted by atomic mass is 10.00. The second-order valence-electron chi connectivity index (χ2n) is 12.0. The van der Waals surface area contributed by atoms with Crippen molar-refractivity contribution in [2.45, 2.75) is 0 Å². The van der Waals surface area contributed by atoms with E-state index in [4.69, 9.17) is 15.0 Å². The first-order chi connectivity index (χ1) is 23.3. The van der Waals surface area contributed by atoms with Gasteiger partial charge in [0.15, 0.2) is 5.82 Å². The lowest BCUT2D eigenvalue weighted by molar-refractivity contribution is 0.974. The van der Waals surface area contributed by atoms with Gasteiger partial charge in [-0.1, -0.05) is 91.0 Å². The SMILES string of the molecule is c1ccc2c(-n3c4ccccc4c4ccccc43)nc(-n3c4cccnc4c4c5ccccc5c5c6ccccc6sc5c43)nc2c1. The van der Waals surface area contributed by atoms with Gasteiger partial charge in [-0.3, -0.25) is 14.1 Å². The Balaban J connectivity index is 1.37. The Kier molecular flexibility index (Phi) is 4.93. The predicted octanol–water partition coefficient (Wildman–Crippen LogP) is 10.7. The van der Waals surface area contributed by atoms with Gasteiger partial charge in [0, 0.05) is 43.2 Å². The Morgan fingerprint density at radius 1 is 0.468 bits per heavy atom. The Morgan fingerprint density at radius 3 is 1.83 bits per heavy atom. The van der Waals surface area contributed by atoms with E-state index in [0.717, 1.165) is 49.7 Å². The van der Waals surface area contributed by atoms with Crippen LogP contribution in [0.3, 0.4) is 0 Å². The first-order valence-corrected chi connectivity index (χ1v) is 16.5. The number of pyridine rings is 1. The van der Waals surface area contributed by atoms with Crippen molar-refractivity contribution in [3.8, 4) is 11.8 Å². The van der Waals surface area contributed by atoms with Crippen LogP contribution < -0.4 is 0 Å². The quantitative estimate of drug-likeness (QED) is 0.194. The van der Waals surface area contributed by atoms with Crippen molar-refractivity contribution in [1.82, 2.24) is 24.1 Å². The summed E-state index contributed by atoms with van der Waals surface area (Å²) in [4.78, 5) is 15.8. The van der Waals surface area contributed by atoms with E-state index in [1.54, 1.807) is 0 Å². The Hall–Kier alpha value is -6.11. The fraction of sp³-hybridized carbons (Fsp3) is 0. The highest BCUT2D eigenvalue weighted by molar-refractivity contribution is 7.27. The third-order valence-corrected chi connectivity index (χ3v) is 10.7. The molecule has 0 aliphatic rings. The van der Waals surface area contributed by atoms with Gasteiger partial charge in [0.2, 0.25) is 5.95 Å². The Morgan fingerprint density at radius 2 is 1.06 bits per heavy atom. The maximum atomic E-state index is 5.52. The molecule has 0 saturated heterocycles. The monoisotopic (exact) mass is 617 g/mol. The molecule has 6 heteroatoms. The molecule has 0 aliphatic carbocycles. The second kappa shape index (κ2) is 9.22. The molecule has 5 nitrogen and oxygen atoms in total. The van der Waals surface area contributed by atoms with E-state index in [0.29, 0.717) is 5.95 Å². The van der Waals surface area contributed by atoms with Gasteiger partial charge < -0.3 is 0 Å². The van der Waals surface area contributed by atoms with E-state index < -0.39 is 0 Å². The highest BCUT2D eigenvalue weighted by Gasteiger charge is 2.25. The van der Waals surface area contributed by atoms with Gasteiger partial charge in [-0.2, -0.15) is 4.98 Å². The number of hydrogen-bond acceptors (Lipinski definition) is 4. The van der Waals surface area contributed by atoms with Gasteiger partial charge in [-0.15, -0.1) is 11.3 Å². The minimum Gasteiger partial charge on any atom is -0.293 e. The lowest BCUT2D eigenvalue weighted by Gasteiger charge is -2.14. The third-order valence-electron chi connectivity index (χ3n) is 9.56.